The maximum atomic E-state index is 11.9. The van der Waals surface area contributed by atoms with Crippen molar-refractivity contribution in [3.05, 3.63) is 27.9 Å². The van der Waals surface area contributed by atoms with Crippen LogP contribution < -0.4 is 5.56 Å². The minimum Gasteiger partial charge on any atom is -0.275 e. The van der Waals surface area contributed by atoms with Crippen LogP contribution in [-0.4, -0.2) is 19.6 Å². The van der Waals surface area contributed by atoms with Crippen LogP contribution in [0.1, 0.15) is 45.6 Å². The molecule has 0 bridgehead atoms. The molecular formula is C12H18N4O. The molecule has 0 atom stereocenters. The number of nitrogens with zero attached hydrogens (tertiary/aromatic N) is 3. The van der Waals surface area contributed by atoms with Gasteiger partial charge in [0.1, 0.15) is 5.82 Å². The number of hydrogen-bond acceptors (Lipinski definition) is 3. The molecule has 0 aliphatic carbocycles. The third-order valence-corrected chi connectivity index (χ3v) is 2.63. The van der Waals surface area contributed by atoms with Crippen molar-refractivity contribution >= 4 is 5.78 Å². The van der Waals surface area contributed by atoms with Gasteiger partial charge >= 0.3 is 0 Å². The average Bonchev–Trinajstić information content (AvgIpc) is 2.60. The normalized spacial score (nSPS) is 12.2. The van der Waals surface area contributed by atoms with Gasteiger partial charge in [-0.05, 0) is 6.42 Å². The minimum atomic E-state index is -0.141. The summed E-state index contributed by atoms with van der Waals surface area (Å²) in [7, 11) is 0. The fourth-order valence-electron chi connectivity index (χ4n) is 1.66. The summed E-state index contributed by atoms with van der Waals surface area (Å²) in [5, 5.41) is 2.97. The van der Waals surface area contributed by atoms with Gasteiger partial charge in [0.25, 0.3) is 11.3 Å². The van der Waals surface area contributed by atoms with Crippen molar-refractivity contribution in [2.45, 2.75) is 46.0 Å². The van der Waals surface area contributed by atoms with Gasteiger partial charge in [0.15, 0.2) is 0 Å². The molecule has 0 fully saturated rings. The molecule has 2 aromatic rings. The lowest BCUT2D eigenvalue weighted by Gasteiger charge is -2.16. The first-order chi connectivity index (χ1) is 7.91. The standard InChI is InChI=1S/C12H18N4O/c1-5-6-9-14-11-13-8(12(2,3)4)7-10(17)16(11)15-9/h7H,5-6H2,1-4H3,(H,13,14,15). The summed E-state index contributed by atoms with van der Waals surface area (Å²) in [5.41, 5.74) is 0.532. The lowest BCUT2D eigenvalue weighted by atomic mass is 9.92. The lowest BCUT2D eigenvalue weighted by Crippen LogP contribution is -2.22. The van der Waals surface area contributed by atoms with Gasteiger partial charge in [-0.1, -0.05) is 27.7 Å². The topological polar surface area (TPSA) is 63.1 Å². The Morgan fingerprint density at radius 3 is 2.65 bits per heavy atom. The lowest BCUT2D eigenvalue weighted by molar-refractivity contribution is 0.566. The van der Waals surface area contributed by atoms with E-state index in [4.69, 9.17) is 0 Å². The van der Waals surface area contributed by atoms with Crippen LogP contribution in [0.15, 0.2) is 10.9 Å². The van der Waals surface area contributed by atoms with E-state index in [-0.39, 0.29) is 11.0 Å². The molecule has 0 aromatic carbocycles. The van der Waals surface area contributed by atoms with E-state index in [1.165, 1.54) is 4.52 Å². The second-order valence-corrected chi connectivity index (χ2v) is 5.29. The number of nitrogens with one attached hydrogen (secondary N) is 1. The third-order valence-electron chi connectivity index (χ3n) is 2.63. The van der Waals surface area contributed by atoms with Crippen molar-refractivity contribution in [2.75, 3.05) is 0 Å². The second kappa shape index (κ2) is 3.98. The van der Waals surface area contributed by atoms with Crippen molar-refractivity contribution in [1.82, 2.24) is 19.6 Å². The molecule has 0 spiro atoms. The molecule has 0 aliphatic heterocycles. The summed E-state index contributed by atoms with van der Waals surface area (Å²) in [6.07, 6.45) is 1.81. The summed E-state index contributed by atoms with van der Waals surface area (Å²) in [5.74, 6) is 1.27. The van der Waals surface area contributed by atoms with E-state index in [2.05, 4.69) is 22.0 Å². The minimum absolute atomic E-state index is 0.102. The number of H-pyrrole nitrogens is 1. The zero-order valence-electron chi connectivity index (χ0n) is 10.7. The van der Waals surface area contributed by atoms with Gasteiger partial charge in [0.2, 0.25) is 0 Å². The summed E-state index contributed by atoms with van der Waals surface area (Å²) in [6.45, 7) is 8.17. The zero-order chi connectivity index (χ0) is 12.6. The van der Waals surface area contributed by atoms with Gasteiger partial charge in [-0.2, -0.15) is 9.50 Å². The highest BCUT2D eigenvalue weighted by molar-refractivity contribution is 5.30. The van der Waals surface area contributed by atoms with E-state index < -0.39 is 0 Å². The Bertz CT molecular complexity index is 589. The van der Waals surface area contributed by atoms with E-state index >= 15 is 0 Å². The third kappa shape index (κ3) is 2.23. The first-order valence-corrected chi connectivity index (χ1v) is 5.91. The first kappa shape index (κ1) is 11.8. The fraction of sp³-hybridized carbons (Fsp3) is 0.583. The quantitative estimate of drug-likeness (QED) is 0.859. The SMILES string of the molecule is CCCc1nc2nc(C(C)(C)C)cc(=O)n2[nH]1. The van der Waals surface area contributed by atoms with Gasteiger partial charge in [-0.15, -0.1) is 0 Å². The number of fused-ring (bicyclic) bond motifs is 1. The van der Waals surface area contributed by atoms with E-state index in [1.807, 2.05) is 20.8 Å². The monoisotopic (exact) mass is 234 g/mol. The summed E-state index contributed by atoms with van der Waals surface area (Å²) >= 11 is 0. The number of aromatic amines is 1. The molecule has 17 heavy (non-hydrogen) atoms. The van der Waals surface area contributed by atoms with E-state index in [1.54, 1.807) is 6.07 Å². The average molecular weight is 234 g/mol. The Morgan fingerprint density at radius 2 is 2.06 bits per heavy atom. The van der Waals surface area contributed by atoms with Crippen molar-refractivity contribution < 1.29 is 0 Å². The predicted octanol–water partition coefficient (Wildman–Crippen LogP) is 1.67. The van der Waals surface area contributed by atoms with Gasteiger partial charge in [-0.25, -0.2) is 4.98 Å². The second-order valence-electron chi connectivity index (χ2n) is 5.29. The van der Waals surface area contributed by atoms with Crippen molar-refractivity contribution in [2.24, 2.45) is 0 Å². The summed E-state index contributed by atoms with van der Waals surface area (Å²) in [4.78, 5) is 20.7. The Kier molecular flexibility index (Phi) is 2.77. The van der Waals surface area contributed by atoms with Crippen LogP contribution in [0.3, 0.4) is 0 Å². The maximum absolute atomic E-state index is 11.9. The highest BCUT2D eigenvalue weighted by Gasteiger charge is 2.18. The van der Waals surface area contributed by atoms with Crippen LogP contribution in [0.4, 0.5) is 0 Å². The van der Waals surface area contributed by atoms with Gasteiger partial charge in [-0.3, -0.25) is 9.89 Å². The molecule has 5 heteroatoms. The highest BCUT2D eigenvalue weighted by Crippen LogP contribution is 2.18. The number of rotatable bonds is 2. The predicted molar refractivity (Wildman–Crippen MR) is 66.3 cm³/mol. The van der Waals surface area contributed by atoms with Crippen molar-refractivity contribution in [3.8, 4) is 0 Å². The highest BCUT2D eigenvalue weighted by atomic mass is 16.1. The van der Waals surface area contributed by atoms with E-state index in [0.29, 0.717) is 5.78 Å². The Balaban J connectivity index is 2.61. The smallest absolute Gasteiger partial charge is 0.274 e. The Hall–Kier alpha value is -1.65. The molecular weight excluding hydrogens is 216 g/mol. The van der Waals surface area contributed by atoms with E-state index in [9.17, 15) is 4.79 Å². The molecule has 2 aromatic heterocycles. The molecule has 92 valence electrons. The van der Waals surface area contributed by atoms with Gasteiger partial charge in [0, 0.05) is 17.9 Å². The van der Waals surface area contributed by atoms with Crippen molar-refractivity contribution in [1.29, 1.82) is 0 Å². The molecule has 5 nitrogen and oxygen atoms in total. The molecule has 2 heterocycles. The molecule has 0 radical (unpaired) electrons. The first-order valence-electron chi connectivity index (χ1n) is 5.91. The van der Waals surface area contributed by atoms with Crippen molar-refractivity contribution in [3.63, 3.8) is 0 Å². The zero-order valence-corrected chi connectivity index (χ0v) is 10.7. The number of hydrogen-bond donors (Lipinski definition) is 1. The Labute approximate surface area is 99.9 Å². The van der Waals surface area contributed by atoms with Crippen LogP contribution in [-0.2, 0) is 11.8 Å². The largest absolute Gasteiger partial charge is 0.275 e. The molecule has 0 aliphatic rings. The molecule has 0 unspecified atom stereocenters. The van der Waals surface area contributed by atoms with Gasteiger partial charge in [0.05, 0.1) is 5.69 Å². The molecule has 0 saturated carbocycles. The molecule has 1 N–H and O–H groups in total. The van der Waals surface area contributed by atoms with Crippen LogP contribution >= 0.6 is 0 Å². The number of aryl methyl sites for hydroxylation is 1. The van der Waals surface area contributed by atoms with Crippen LogP contribution in [0, 0.1) is 0 Å². The molecule has 0 saturated heterocycles. The van der Waals surface area contributed by atoms with Gasteiger partial charge < -0.3 is 0 Å². The fourth-order valence-corrected chi connectivity index (χ4v) is 1.66. The number of aromatic nitrogens is 4. The summed E-state index contributed by atoms with van der Waals surface area (Å²) < 4.78 is 1.40. The van der Waals surface area contributed by atoms with Crippen LogP contribution in [0.2, 0.25) is 0 Å². The summed E-state index contributed by atoms with van der Waals surface area (Å²) in [6, 6.07) is 1.57. The van der Waals surface area contributed by atoms with Crippen LogP contribution in [0.25, 0.3) is 5.78 Å². The van der Waals surface area contributed by atoms with Crippen LogP contribution in [0.5, 0.6) is 0 Å². The Morgan fingerprint density at radius 1 is 1.35 bits per heavy atom. The molecule has 2 rings (SSSR count). The molecule has 0 amide bonds. The van der Waals surface area contributed by atoms with E-state index in [0.717, 1.165) is 24.4 Å². The maximum Gasteiger partial charge on any atom is 0.274 e.